The average Bonchev–Trinajstić information content (AvgIpc) is 3.09. The first-order valence-electron chi connectivity index (χ1n) is 16.7. The fraction of sp³-hybridized carbons (Fsp3) is 0.472. The molecular formula is C36H41ClF2N8O. The topological polar surface area (TPSA) is 100 Å². The monoisotopic (exact) mass is 674 g/mol. The van der Waals surface area contributed by atoms with Gasteiger partial charge in [-0.25, -0.2) is 23.7 Å². The van der Waals surface area contributed by atoms with Crippen LogP contribution in [0.5, 0.6) is 0 Å². The Morgan fingerprint density at radius 2 is 1.98 bits per heavy atom. The van der Waals surface area contributed by atoms with Crippen molar-refractivity contribution in [1.29, 1.82) is 0 Å². The van der Waals surface area contributed by atoms with Gasteiger partial charge in [0.25, 0.3) is 12.0 Å². The number of piperazine rings is 1. The lowest BCUT2D eigenvalue weighted by Gasteiger charge is -2.61. The number of nitrogens with one attached hydrogen (secondary N) is 2. The molecule has 1 saturated heterocycles. The Kier molecular flexibility index (Phi) is 8.93. The van der Waals surface area contributed by atoms with E-state index in [-0.39, 0.29) is 18.1 Å². The highest BCUT2D eigenvalue weighted by Crippen LogP contribution is 2.61. The van der Waals surface area contributed by atoms with Crippen LogP contribution in [0.1, 0.15) is 39.2 Å². The SMILES string of the molecule is C[C@@H]1[C@@H](N=C(Nc2ccc3c(=O)n(CCc4ccc(Cl)cc4)c(-c4cnccn4)nc3c2)N2CCN[C@@H](C(F)F)C2)C[C@H]2C[C@@H]1C2(C)C. The van der Waals surface area contributed by atoms with Crippen LogP contribution in [0.25, 0.3) is 22.4 Å². The summed E-state index contributed by atoms with van der Waals surface area (Å²) in [5, 5.41) is 7.54. The largest absolute Gasteiger partial charge is 0.340 e. The first-order chi connectivity index (χ1) is 23.1. The minimum Gasteiger partial charge on any atom is -0.340 e. The molecule has 9 nitrogen and oxygen atoms in total. The molecule has 3 saturated carbocycles. The lowest BCUT2D eigenvalue weighted by molar-refractivity contribution is -0.108. The maximum Gasteiger partial charge on any atom is 0.261 e. The van der Waals surface area contributed by atoms with Gasteiger partial charge in [-0.1, -0.05) is 44.5 Å². The van der Waals surface area contributed by atoms with Gasteiger partial charge in [0.05, 0.1) is 29.2 Å². The Balaban J connectivity index is 1.23. The molecule has 0 radical (unpaired) electrons. The van der Waals surface area contributed by atoms with Gasteiger partial charge >= 0.3 is 0 Å². The number of aliphatic imine (C=N–C) groups is 1. The number of halogens is 3. The molecule has 12 heteroatoms. The zero-order valence-electron chi connectivity index (χ0n) is 27.4. The van der Waals surface area contributed by atoms with Crippen LogP contribution < -0.4 is 16.2 Å². The third-order valence-corrected chi connectivity index (χ3v) is 11.2. The fourth-order valence-electron chi connectivity index (χ4n) is 7.92. The van der Waals surface area contributed by atoms with Crippen molar-refractivity contribution in [2.75, 3.05) is 25.0 Å². The molecule has 3 aliphatic carbocycles. The number of aryl methyl sites for hydroxylation is 1. The Morgan fingerprint density at radius 3 is 2.69 bits per heavy atom. The summed E-state index contributed by atoms with van der Waals surface area (Å²) in [7, 11) is 0. The minimum atomic E-state index is -2.48. The van der Waals surface area contributed by atoms with Crippen molar-refractivity contribution < 1.29 is 8.78 Å². The Hall–Kier alpha value is -3.96. The first kappa shape index (κ1) is 32.6. The van der Waals surface area contributed by atoms with E-state index in [1.165, 1.54) is 6.42 Å². The molecule has 8 rings (SSSR count). The third kappa shape index (κ3) is 6.30. The molecule has 252 valence electrons. The number of hydrogen-bond donors (Lipinski definition) is 2. The standard InChI is InChI=1S/C36H41ClF2N8O/c1-21-27-16-23(36(27,2)3)17-28(21)45-35(46-15-13-42-31(20-46)32(38)39)43-25-8-9-26-29(18-25)44-33(30-19-40-11-12-41-30)47(34(26)48)14-10-22-4-6-24(37)7-5-22/h4-9,11-12,18-19,21,23,27-28,31-32,42H,10,13-17,20H2,1-3H3,(H,43,45)/t21-,23+,27-,28-,31+/m0/s1. The molecule has 0 amide bonds. The van der Waals surface area contributed by atoms with Crippen molar-refractivity contribution in [3.8, 4) is 11.5 Å². The van der Waals surface area contributed by atoms with E-state index in [9.17, 15) is 13.6 Å². The second kappa shape index (κ2) is 13.2. The number of benzene rings is 2. The van der Waals surface area contributed by atoms with Gasteiger partial charge in [-0.3, -0.25) is 14.3 Å². The van der Waals surface area contributed by atoms with E-state index < -0.39 is 12.5 Å². The molecule has 2 bridgehead atoms. The molecule has 2 aromatic carbocycles. The summed E-state index contributed by atoms with van der Waals surface area (Å²) in [5.41, 5.74) is 2.82. The molecule has 1 aliphatic heterocycles. The van der Waals surface area contributed by atoms with Crippen molar-refractivity contribution in [2.24, 2.45) is 28.2 Å². The van der Waals surface area contributed by atoms with Gasteiger partial charge in [-0.15, -0.1) is 0 Å². The Morgan fingerprint density at radius 1 is 1.17 bits per heavy atom. The van der Waals surface area contributed by atoms with Gasteiger partial charge in [0, 0.05) is 49.3 Å². The zero-order valence-corrected chi connectivity index (χ0v) is 28.2. The first-order valence-corrected chi connectivity index (χ1v) is 17.1. The van der Waals surface area contributed by atoms with E-state index in [2.05, 4.69) is 41.4 Å². The number of aromatic nitrogens is 4. The van der Waals surface area contributed by atoms with Gasteiger partial charge in [0.1, 0.15) is 5.69 Å². The number of anilines is 1. The number of alkyl halides is 2. The highest BCUT2D eigenvalue weighted by atomic mass is 35.5. The van der Waals surface area contributed by atoms with Crippen molar-refractivity contribution in [3.05, 3.63) is 82.0 Å². The fourth-order valence-corrected chi connectivity index (χ4v) is 8.05. The zero-order chi connectivity index (χ0) is 33.6. The van der Waals surface area contributed by atoms with E-state index in [1.54, 1.807) is 29.2 Å². The van der Waals surface area contributed by atoms with Crippen LogP contribution in [0.3, 0.4) is 0 Å². The van der Waals surface area contributed by atoms with Crippen molar-refractivity contribution in [1.82, 2.24) is 29.7 Å². The van der Waals surface area contributed by atoms with Crippen LogP contribution in [0.15, 0.2) is 70.8 Å². The second-order valence-corrected chi connectivity index (χ2v) is 14.5. The number of nitrogens with zero attached hydrogens (tertiary/aromatic N) is 6. The normalized spacial score (nSPS) is 25.3. The Bertz CT molecular complexity index is 1870. The predicted octanol–water partition coefficient (Wildman–Crippen LogP) is 6.13. The molecule has 2 N–H and O–H groups in total. The Labute approximate surface area is 283 Å². The van der Waals surface area contributed by atoms with Crippen LogP contribution in [-0.2, 0) is 13.0 Å². The molecule has 4 aliphatic rings. The highest BCUT2D eigenvalue weighted by Gasteiger charge is 2.56. The summed E-state index contributed by atoms with van der Waals surface area (Å²) in [6.07, 6.45) is 5.08. The van der Waals surface area contributed by atoms with Crippen molar-refractivity contribution >= 4 is 34.2 Å². The molecule has 48 heavy (non-hydrogen) atoms. The van der Waals surface area contributed by atoms with E-state index in [0.29, 0.717) is 88.3 Å². The van der Waals surface area contributed by atoms with Crippen LogP contribution >= 0.6 is 11.6 Å². The summed E-state index contributed by atoms with van der Waals surface area (Å²) < 4.78 is 29.3. The average molecular weight is 675 g/mol. The lowest BCUT2D eigenvalue weighted by Crippen LogP contribution is -2.58. The van der Waals surface area contributed by atoms with Crippen LogP contribution in [0.4, 0.5) is 14.5 Å². The van der Waals surface area contributed by atoms with E-state index >= 15 is 0 Å². The maximum atomic E-state index is 14.0. The van der Waals surface area contributed by atoms with Gasteiger partial charge in [-0.2, -0.15) is 0 Å². The number of fused-ring (bicyclic) bond motifs is 3. The smallest absolute Gasteiger partial charge is 0.261 e. The van der Waals surface area contributed by atoms with Gasteiger partial charge in [0.2, 0.25) is 0 Å². The van der Waals surface area contributed by atoms with Crippen molar-refractivity contribution in [3.63, 3.8) is 0 Å². The molecule has 4 fully saturated rings. The van der Waals surface area contributed by atoms with Gasteiger partial charge in [-0.05, 0) is 78.3 Å². The molecule has 5 atom stereocenters. The summed E-state index contributed by atoms with van der Waals surface area (Å²) >= 11 is 6.08. The van der Waals surface area contributed by atoms with E-state index in [0.717, 1.165) is 12.0 Å². The summed E-state index contributed by atoms with van der Waals surface area (Å²) in [6, 6.07) is 12.1. The molecule has 0 spiro atoms. The molecule has 0 unspecified atom stereocenters. The van der Waals surface area contributed by atoms with Crippen LogP contribution in [0.2, 0.25) is 5.02 Å². The van der Waals surface area contributed by atoms with Crippen LogP contribution in [0, 0.1) is 23.2 Å². The third-order valence-electron chi connectivity index (χ3n) is 11.0. The number of rotatable bonds is 7. The highest BCUT2D eigenvalue weighted by molar-refractivity contribution is 6.30. The van der Waals surface area contributed by atoms with Crippen LogP contribution in [-0.4, -0.2) is 68.5 Å². The molecular weight excluding hydrogens is 634 g/mol. The van der Waals surface area contributed by atoms with Gasteiger partial charge in [0.15, 0.2) is 11.8 Å². The van der Waals surface area contributed by atoms with E-state index in [1.807, 2.05) is 41.3 Å². The summed E-state index contributed by atoms with van der Waals surface area (Å²) in [5.74, 6) is 2.59. The molecule has 3 heterocycles. The summed E-state index contributed by atoms with van der Waals surface area (Å²) in [6.45, 7) is 8.50. The van der Waals surface area contributed by atoms with Crippen molar-refractivity contribution in [2.45, 2.75) is 65.1 Å². The maximum absolute atomic E-state index is 14.0. The predicted molar refractivity (Wildman–Crippen MR) is 186 cm³/mol. The second-order valence-electron chi connectivity index (χ2n) is 14.0. The molecule has 4 aromatic rings. The van der Waals surface area contributed by atoms with Gasteiger partial charge < -0.3 is 15.5 Å². The number of hydrogen-bond acceptors (Lipinski definition) is 6. The molecule has 2 aromatic heterocycles. The number of guanidine groups is 1. The summed E-state index contributed by atoms with van der Waals surface area (Å²) in [4.78, 5) is 34.8. The quantitative estimate of drug-likeness (QED) is 0.180. The minimum absolute atomic E-state index is 0.0962. The lowest BCUT2D eigenvalue weighted by atomic mass is 9.45. The van der Waals surface area contributed by atoms with E-state index in [4.69, 9.17) is 21.6 Å².